The van der Waals surface area contributed by atoms with E-state index in [9.17, 15) is 0 Å². The van der Waals surface area contributed by atoms with Gasteiger partial charge in [0, 0.05) is 7.11 Å². The van der Waals surface area contributed by atoms with Crippen molar-refractivity contribution in [2.45, 2.75) is 0 Å². The number of aliphatic hydroxyl groups is 1. The average molecular weight is 108 g/mol. The Hall–Kier alpha value is -0.280. The van der Waals surface area contributed by atoms with Crippen molar-refractivity contribution in [3.8, 4) is 0 Å². The molecule has 0 aliphatic rings. The lowest BCUT2D eigenvalue weighted by molar-refractivity contribution is 0.399. The highest BCUT2D eigenvalue weighted by Crippen LogP contribution is 1.19. The van der Waals surface area contributed by atoms with Crippen molar-refractivity contribution >= 4 is 17.4 Å². The molecular weight excluding hydrogens is 100 g/mol. The van der Waals surface area contributed by atoms with Crippen LogP contribution in [0.15, 0.2) is 0 Å². The molecule has 0 aromatic heterocycles. The molecule has 0 heterocycles. The van der Waals surface area contributed by atoms with E-state index in [1.807, 2.05) is 0 Å². The molecule has 5 N–H and O–H groups in total. The fraction of sp³-hybridized carbons (Fsp3) is 0.500. The summed E-state index contributed by atoms with van der Waals surface area (Å²) in [6.45, 7) is 0. The van der Waals surface area contributed by atoms with Gasteiger partial charge in [-0.2, -0.15) is 5.16 Å². The average Bonchev–Trinajstić information content (AvgIpc) is 1.46. The standard InChI is InChI=1S/CNS.CH4O.H3N/c2-1-3;1-2;/h;2H,1H3;1H3/q-1;;/p+1. The van der Waals surface area contributed by atoms with Crippen LogP contribution >= 0.6 is 12.2 Å². The molecule has 0 aromatic rings. The fourth-order valence-corrected chi connectivity index (χ4v) is 0. The van der Waals surface area contributed by atoms with Crippen LogP contribution < -0.4 is 6.15 Å². The van der Waals surface area contributed by atoms with Crippen molar-refractivity contribution in [2.75, 3.05) is 7.11 Å². The first-order valence-corrected chi connectivity index (χ1v) is 1.28. The Bertz CT molecular complexity index is 32.5. The van der Waals surface area contributed by atoms with Gasteiger partial charge in [0.15, 0.2) is 0 Å². The molecule has 0 bridgehead atoms. The molecule has 0 aliphatic carbocycles. The third-order valence-corrected chi connectivity index (χ3v) is 0. The van der Waals surface area contributed by atoms with Crippen LogP contribution in [0.5, 0.6) is 0 Å². The smallest absolute Gasteiger partial charge is 0.0319 e. The minimum Gasteiger partial charge on any atom is -0.753 e. The third-order valence-electron chi connectivity index (χ3n) is 0. The van der Waals surface area contributed by atoms with Gasteiger partial charge in [-0.1, -0.05) is 12.2 Å². The van der Waals surface area contributed by atoms with Crippen LogP contribution in [-0.2, 0) is 0 Å². The monoisotopic (exact) mass is 108 g/mol. The van der Waals surface area contributed by atoms with E-state index >= 15 is 0 Å². The van der Waals surface area contributed by atoms with Gasteiger partial charge in [-0.3, -0.25) is 0 Å². The maximum Gasteiger partial charge on any atom is 0.0319 e. The van der Waals surface area contributed by atoms with Gasteiger partial charge >= 0.3 is 0 Å². The Labute approximate surface area is 42.1 Å². The summed E-state index contributed by atoms with van der Waals surface area (Å²) in [5.41, 5.74) is 0. The number of quaternary nitrogens is 1. The first-order valence-electron chi connectivity index (χ1n) is 0.875. The van der Waals surface area contributed by atoms with Crippen LogP contribution in [-0.4, -0.2) is 17.4 Å². The first-order chi connectivity index (χ1) is 2.41. The summed E-state index contributed by atoms with van der Waals surface area (Å²) in [4.78, 5) is 0. The molecule has 3 nitrogen and oxygen atoms in total. The molecule has 0 amide bonds. The summed E-state index contributed by atoms with van der Waals surface area (Å²) in [5, 5.41) is 15.5. The molecule has 4 heteroatoms. The lowest BCUT2D eigenvalue weighted by Gasteiger charge is -1.37. The maximum atomic E-state index is 7.13. The van der Waals surface area contributed by atoms with E-state index in [4.69, 9.17) is 10.5 Å². The third kappa shape index (κ3) is 351. The Morgan fingerprint density at radius 2 is 1.67 bits per heavy atom. The lowest BCUT2D eigenvalue weighted by Crippen LogP contribution is -1.25. The molecule has 0 saturated heterocycles. The molecule has 0 spiro atoms. The van der Waals surface area contributed by atoms with Crippen molar-refractivity contribution in [3.05, 3.63) is 5.41 Å². The number of isothiocyanates is 1. The van der Waals surface area contributed by atoms with Crippen LogP contribution in [0.4, 0.5) is 0 Å². The van der Waals surface area contributed by atoms with E-state index in [0.29, 0.717) is 0 Å². The molecular formula is C2H8N2OS. The maximum absolute atomic E-state index is 7.13. The van der Waals surface area contributed by atoms with Crippen molar-refractivity contribution in [2.24, 2.45) is 0 Å². The second kappa shape index (κ2) is 126. The molecule has 0 aliphatic heterocycles. The minimum absolute atomic E-state index is 0. The molecule has 6 heavy (non-hydrogen) atoms. The lowest BCUT2D eigenvalue weighted by atomic mass is 11.8. The molecule has 0 aromatic carbocycles. The summed E-state index contributed by atoms with van der Waals surface area (Å²) < 4.78 is 0. The highest BCUT2D eigenvalue weighted by atomic mass is 32.1. The van der Waals surface area contributed by atoms with E-state index in [-0.39, 0.29) is 6.15 Å². The zero-order valence-electron chi connectivity index (χ0n) is 3.80. The summed E-state index contributed by atoms with van der Waals surface area (Å²) >= 11 is 3.70. The van der Waals surface area contributed by atoms with Gasteiger partial charge in [-0.15, -0.1) is 0 Å². The molecule has 0 unspecified atom stereocenters. The molecule has 0 rings (SSSR count). The second-order valence-electron chi connectivity index (χ2n) is 0.0913. The van der Waals surface area contributed by atoms with Crippen LogP contribution in [0.3, 0.4) is 0 Å². The highest BCUT2D eigenvalue weighted by Gasteiger charge is 0.839. The van der Waals surface area contributed by atoms with E-state index in [0.717, 1.165) is 7.11 Å². The number of rotatable bonds is 0. The SMILES string of the molecule is CO.[N-]=C=S.[NH4+]. The van der Waals surface area contributed by atoms with Gasteiger partial charge in [0.05, 0.1) is 0 Å². The topological polar surface area (TPSA) is 79.0 Å². The number of hydrogen-bond donors (Lipinski definition) is 2. The van der Waals surface area contributed by atoms with Gasteiger partial charge in [0.1, 0.15) is 0 Å². The van der Waals surface area contributed by atoms with Crippen LogP contribution in [0.1, 0.15) is 0 Å². The normalized spacial score (nSPS) is 2.33. The van der Waals surface area contributed by atoms with Crippen molar-refractivity contribution in [1.82, 2.24) is 6.15 Å². The van der Waals surface area contributed by atoms with Crippen molar-refractivity contribution < 1.29 is 5.11 Å². The quantitative estimate of drug-likeness (QED) is 0.353. The summed E-state index contributed by atoms with van der Waals surface area (Å²) in [6.07, 6.45) is 0. The summed E-state index contributed by atoms with van der Waals surface area (Å²) in [6, 6.07) is 0. The van der Waals surface area contributed by atoms with Crippen molar-refractivity contribution in [3.63, 3.8) is 0 Å². The zero-order valence-corrected chi connectivity index (χ0v) is 4.62. The Kier molecular flexibility index (Phi) is 362. The molecule has 38 valence electrons. The van der Waals surface area contributed by atoms with Gasteiger partial charge in [-0.25, -0.2) is 0 Å². The number of thiocarbonyl (C=S) groups is 1. The summed E-state index contributed by atoms with van der Waals surface area (Å²) in [7, 11) is 1.00. The largest absolute Gasteiger partial charge is 0.753 e. The van der Waals surface area contributed by atoms with Gasteiger partial charge < -0.3 is 16.7 Å². The predicted octanol–water partition coefficient (Wildman–Crippen LogP) is 0.643. The van der Waals surface area contributed by atoms with Crippen molar-refractivity contribution in [1.29, 1.82) is 0 Å². The fourth-order valence-electron chi connectivity index (χ4n) is 0. The van der Waals surface area contributed by atoms with Gasteiger partial charge in [0.2, 0.25) is 0 Å². The van der Waals surface area contributed by atoms with E-state index in [1.54, 1.807) is 0 Å². The van der Waals surface area contributed by atoms with Crippen LogP contribution in [0, 0.1) is 0 Å². The molecule has 0 radical (unpaired) electrons. The Morgan fingerprint density at radius 3 is 1.67 bits per heavy atom. The van der Waals surface area contributed by atoms with Gasteiger partial charge in [0.25, 0.3) is 0 Å². The zero-order chi connectivity index (χ0) is 4.71. The molecule has 0 fully saturated rings. The van der Waals surface area contributed by atoms with Crippen LogP contribution in [0.2, 0.25) is 0 Å². The van der Waals surface area contributed by atoms with Crippen LogP contribution in [0.25, 0.3) is 5.41 Å². The predicted molar refractivity (Wildman–Crippen MR) is 30.1 cm³/mol. The van der Waals surface area contributed by atoms with E-state index < -0.39 is 0 Å². The Morgan fingerprint density at radius 1 is 1.67 bits per heavy atom. The van der Waals surface area contributed by atoms with E-state index in [2.05, 4.69) is 12.2 Å². The second-order valence-corrected chi connectivity index (χ2v) is 0.274. The number of hydrogen-bond acceptors (Lipinski definition) is 2. The van der Waals surface area contributed by atoms with E-state index in [1.165, 1.54) is 5.16 Å². The van der Waals surface area contributed by atoms with Gasteiger partial charge in [-0.05, 0) is 0 Å². The number of nitrogens with zero attached hydrogens (tertiary/aromatic N) is 1. The highest BCUT2D eigenvalue weighted by molar-refractivity contribution is 7.78. The Balaban J connectivity index is -0.0000000275. The molecule has 0 saturated carbocycles. The minimum atomic E-state index is 0. The summed E-state index contributed by atoms with van der Waals surface area (Å²) in [5.74, 6) is 0. The first kappa shape index (κ1) is 17.2. The molecule has 0 atom stereocenters. The number of aliphatic hydroxyl groups excluding tert-OH is 1.